The fourth-order valence-electron chi connectivity index (χ4n) is 1.76. The maximum Gasteiger partial charge on any atom is 0.244 e. The molecule has 1 aromatic heterocycles. The molecule has 1 atom stereocenters. The van der Waals surface area contributed by atoms with Gasteiger partial charge in [0.15, 0.2) is 0 Å². The summed E-state index contributed by atoms with van der Waals surface area (Å²) >= 11 is 1.55. The first kappa shape index (κ1) is 14.5. The summed E-state index contributed by atoms with van der Waals surface area (Å²) in [5.74, 6) is -0.147. The molecule has 0 radical (unpaired) electrons. The van der Waals surface area contributed by atoms with Gasteiger partial charge in [0.05, 0.1) is 6.10 Å². The minimum Gasteiger partial charge on any atom is -0.388 e. The maximum absolute atomic E-state index is 11.6. The SMILES string of the molecule is O=C(C=Cc1ccccc1)NCCC(O)c1ccsc1. The van der Waals surface area contributed by atoms with Crippen molar-refractivity contribution in [3.8, 4) is 0 Å². The number of aliphatic hydroxyl groups excluding tert-OH is 1. The van der Waals surface area contributed by atoms with Gasteiger partial charge in [0, 0.05) is 12.6 Å². The van der Waals surface area contributed by atoms with E-state index in [1.165, 1.54) is 6.08 Å². The molecule has 0 bridgehead atoms. The van der Waals surface area contributed by atoms with Crippen LogP contribution in [0.2, 0.25) is 0 Å². The molecule has 1 aromatic carbocycles. The molecule has 2 N–H and O–H groups in total. The highest BCUT2D eigenvalue weighted by Crippen LogP contribution is 2.18. The van der Waals surface area contributed by atoms with E-state index in [0.29, 0.717) is 13.0 Å². The maximum atomic E-state index is 11.6. The predicted molar refractivity (Wildman–Crippen MR) is 82.4 cm³/mol. The molecular weight excluding hydrogens is 270 g/mol. The normalized spacial score (nSPS) is 12.4. The second-order valence-corrected chi connectivity index (χ2v) is 5.18. The number of carbonyl (C=O) groups is 1. The monoisotopic (exact) mass is 287 g/mol. The summed E-state index contributed by atoms with van der Waals surface area (Å²) in [5, 5.41) is 16.5. The van der Waals surface area contributed by atoms with E-state index in [2.05, 4.69) is 5.32 Å². The van der Waals surface area contributed by atoms with Gasteiger partial charge in [-0.2, -0.15) is 11.3 Å². The Morgan fingerprint density at radius 1 is 1.30 bits per heavy atom. The summed E-state index contributed by atoms with van der Waals surface area (Å²) < 4.78 is 0. The van der Waals surface area contributed by atoms with Crippen molar-refractivity contribution >= 4 is 23.3 Å². The van der Waals surface area contributed by atoms with Crippen LogP contribution in [0.3, 0.4) is 0 Å². The van der Waals surface area contributed by atoms with Crippen LogP contribution in [-0.4, -0.2) is 17.6 Å². The molecule has 0 aliphatic rings. The van der Waals surface area contributed by atoms with E-state index in [1.807, 2.05) is 47.2 Å². The molecule has 20 heavy (non-hydrogen) atoms. The third kappa shape index (κ3) is 4.64. The Morgan fingerprint density at radius 3 is 2.80 bits per heavy atom. The summed E-state index contributed by atoms with van der Waals surface area (Å²) in [5.41, 5.74) is 1.89. The van der Waals surface area contributed by atoms with Crippen LogP contribution in [0.1, 0.15) is 23.7 Å². The lowest BCUT2D eigenvalue weighted by atomic mass is 10.1. The number of benzene rings is 1. The quantitative estimate of drug-likeness (QED) is 0.802. The molecule has 104 valence electrons. The first-order valence-corrected chi connectivity index (χ1v) is 7.41. The highest BCUT2D eigenvalue weighted by Gasteiger charge is 2.07. The number of thiophene rings is 1. The van der Waals surface area contributed by atoms with E-state index in [0.717, 1.165) is 11.1 Å². The molecule has 1 heterocycles. The number of hydrogen-bond acceptors (Lipinski definition) is 3. The zero-order valence-corrected chi connectivity index (χ0v) is 11.8. The van der Waals surface area contributed by atoms with Crippen LogP contribution < -0.4 is 5.32 Å². The number of hydrogen-bond donors (Lipinski definition) is 2. The molecule has 0 saturated carbocycles. The van der Waals surface area contributed by atoms with Crippen molar-refractivity contribution in [1.82, 2.24) is 5.32 Å². The van der Waals surface area contributed by atoms with Gasteiger partial charge in [-0.1, -0.05) is 30.3 Å². The number of amides is 1. The van der Waals surface area contributed by atoms with Crippen LogP contribution in [0.4, 0.5) is 0 Å². The van der Waals surface area contributed by atoms with Crippen LogP contribution in [0.25, 0.3) is 6.08 Å². The van der Waals surface area contributed by atoms with Crippen molar-refractivity contribution in [3.63, 3.8) is 0 Å². The van der Waals surface area contributed by atoms with Gasteiger partial charge < -0.3 is 10.4 Å². The molecule has 0 fully saturated rings. The van der Waals surface area contributed by atoms with Crippen molar-refractivity contribution in [2.24, 2.45) is 0 Å². The van der Waals surface area contributed by atoms with Gasteiger partial charge in [0.2, 0.25) is 5.91 Å². The lowest BCUT2D eigenvalue weighted by Crippen LogP contribution is -2.23. The van der Waals surface area contributed by atoms with Gasteiger partial charge in [-0.3, -0.25) is 4.79 Å². The Balaban J connectivity index is 1.72. The molecule has 1 unspecified atom stereocenters. The molecule has 2 rings (SSSR count). The Morgan fingerprint density at radius 2 is 2.10 bits per heavy atom. The van der Waals surface area contributed by atoms with E-state index in [-0.39, 0.29) is 5.91 Å². The van der Waals surface area contributed by atoms with Crippen LogP contribution >= 0.6 is 11.3 Å². The number of carbonyl (C=O) groups excluding carboxylic acids is 1. The van der Waals surface area contributed by atoms with Gasteiger partial charge in [0.25, 0.3) is 0 Å². The van der Waals surface area contributed by atoms with Crippen molar-refractivity contribution < 1.29 is 9.90 Å². The van der Waals surface area contributed by atoms with E-state index in [9.17, 15) is 9.90 Å². The largest absolute Gasteiger partial charge is 0.388 e. The van der Waals surface area contributed by atoms with E-state index < -0.39 is 6.10 Å². The van der Waals surface area contributed by atoms with E-state index in [4.69, 9.17) is 0 Å². The summed E-state index contributed by atoms with van der Waals surface area (Å²) in [7, 11) is 0. The van der Waals surface area contributed by atoms with Gasteiger partial charge in [-0.25, -0.2) is 0 Å². The summed E-state index contributed by atoms with van der Waals surface area (Å²) in [6, 6.07) is 11.5. The Kier molecular flexibility index (Phi) is 5.53. The van der Waals surface area contributed by atoms with E-state index >= 15 is 0 Å². The first-order chi connectivity index (χ1) is 9.75. The zero-order chi connectivity index (χ0) is 14.2. The third-order valence-electron chi connectivity index (χ3n) is 2.87. The Labute approximate surface area is 122 Å². The lowest BCUT2D eigenvalue weighted by Gasteiger charge is -2.08. The summed E-state index contributed by atoms with van der Waals surface area (Å²) in [6.07, 6.45) is 3.28. The van der Waals surface area contributed by atoms with Crippen molar-refractivity contribution in [3.05, 3.63) is 64.4 Å². The second kappa shape index (κ2) is 7.62. The molecule has 0 aliphatic carbocycles. The summed E-state index contributed by atoms with van der Waals surface area (Å²) in [4.78, 5) is 11.6. The van der Waals surface area contributed by atoms with Crippen LogP contribution in [0.15, 0.2) is 53.2 Å². The Bertz CT molecular complexity index is 549. The molecule has 3 nitrogen and oxygen atoms in total. The van der Waals surface area contributed by atoms with Gasteiger partial charge in [0.1, 0.15) is 0 Å². The topological polar surface area (TPSA) is 49.3 Å². The average molecular weight is 287 g/mol. The zero-order valence-electron chi connectivity index (χ0n) is 11.0. The molecule has 1 amide bonds. The molecule has 0 spiro atoms. The van der Waals surface area contributed by atoms with Crippen LogP contribution in [0.5, 0.6) is 0 Å². The molecule has 4 heteroatoms. The first-order valence-electron chi connectivity index (χ1n) is 6.47. The molecule has 0 saturated heterocycles. The van der Waals surface area contributed by atoms with Crippen LogP contribution in [0, 0.1) is 0 Å². The fraction of sp³-hybridized carbons (Fsp3) is 0.188. The van der Waals surface area contributed by atoms with Gasteiger partial charge in [-0.05, 0) is 40.5 Å². The molecular formula is C16H17NO2S. The number of aliphatic hydroxyl groups is 1. The highest BCUT2D eigenvalue weighted by molar-refractivity contribution is 7.07. The molecule has 2 aromatic rings. The third-order valence-corrected chi connectivity index (χ3v) is 3.57. The fourth-order valence-corrected chi connectivity index (χ4v) is 2.47. The van der Waals surface area contributed by atoms with E-state index in [1.54, 1.807) is 17.4 Å². The highest BCUT2D eigenvalue weighted by atomic mass is 32.1. The predicted octanol–water partition coefficient (Wildman–Crippen LogP) is 3.00. The second-order valence-electron chi connectivity index (χ2n) is 4.40. The van der Waals surface area contributed by atoms with Crippen molar-refractivity contribution in [2.75, 3.05) is 6.54 Å². The average Bonchev–Trinajstić information content (AvgIpc) is 3.00. The number of nitrogens with one attached hydrogen (secondary N) is 1. The Hall–Kier alpha value is -1.91. The van der Waals surface area contributed by atoms with Gasteiger partial charge >= 0.3 is 0 Å². The van der Waals surface area contributed by atoms with Crippen LogP contribution in [-0.2, 0) is 4.79 Å². The van der Waals surface area contributed by atoms with Crippen molar-refractivity contribution in [2.45, 2.75) is 12.5 Å². The standard InChI is InChI=1S/C16H17NO2S/c18-15(14-9-11-20-12-14)8-10-17-16(19)7-6-13-4-2-1-3-5-13/h1-7,9,11-12,15,18H,8,10H2,(H,17,19). The van der Waals surface area contributed by atoms with Crippen molar-refractivity contribution in [1.29, 1.82) is 0 Å². The summed E-state index contributed by atoms with van der Waals surface area (Å²) in [6.45, 7) is 0.453. The lowest BCUT2D eigenvalue weighted by molar-refractivity contribution is -0.116. The smallest absolute Gasteiger partial charge is 0.244 e. The minimum atomic E-state index is -0.514. The number of rotatable bonds is 6. The molecule has 0 aliphatic heterocycles. The minimum absolute atomic E-state index is 0.147. The van der Waals surface area contributed by atoms with Gasteiger partial charge in [-0.15, -0.1) is 0 Å².